The molecule has 10 heteroatoms. The Balaban J connectivity index is 2.52. The van der Waals surface area contributed by atoms with Crippen molar-refractivity contribution in [3.63, 3.8) is 0 Å². The summed E-state index contributed by atoms with van der Waals surface area (Å²) in [5.41, 5.74) is 0.852. The van der Waals surface area contributed by atoms with Gasteiger partial charge in [-0.3, -0.25) is 0 Å². The summed E-state index contributed by atoms with van der Waals surface area (Å²) in [6.07, 6.45) is 1.51. The van der Waals surface area contributed by atoms with Crippen LogP contribution in [0.5, 0.6) is 0 Å². The summed E-state index contributed by atoms with van der Waals surface area (Å²) < 4.78 is 1.36. The van der Waals surface area contributed by atoms with Crippen LogP contribution in [0.3, 0.4) is 0 Å². The zero-order valence-electron chi connectivity index (χ0n) is 10.7. The first-order chi connectivity index (χ1) is 10.1. The van der Waals surface area contributed by atoms with Gasteiger partial charge in [0, 0.05) is 5.56 Å². The van der Waals surface area contributed by atoms with Gasteiger partial charge in [-0.1, -0.05) is 69.6 Å². The minimum Gasteiger partial charge on any atom is -0.456 e. The Morgan fingerprint density at radius 3 is 1.86 bits per heavy atom. The maximum atomic E-state index is 5.76. The van der Waals surface area contributed by atoms with Crippen molar-refractivity contribution in [1.29, 1.82) is 0 Å². The van der Waals surface area contributed by atoms with Crippen molar-refractivity contribution in [1.82, 2.24) is 15.0 Å². The van der Waals surface area contributed by atoms with E-state index in [0.717, 1.165) is 5.56 Å². The zero-order chi connectivity index (χ0) is 16.5. The van der Waals surface area contributed by atoms with E-state index in [9.17, 15) is 0 Å². The number of halogens is 6. The van der Waals surface area contributed by atoms with Crippen LogP contribution in [-0.4, -0.2) is 15.0 Å². The lowest BCUT2D eigenvalue weighted by Gasteiger charge is -2.13. The van der Waals surface area contributed by atoms with Crippen molar-refractivity contribution in [2.45, 2.75) is 14.5 Å². The van der Waals surface area contributed by atoms with E-state index in [2.05, 4.69) is 26.8 Å². The summed E-state index contributed by atoms with van der Waals surface area (Å²) in [7, 11) is 0. The third-order valence-corrected chi connectivity index (χ3v) is 3.31. The molecule has 0 aromatic carbocycles. The van der Waals surface area contributed by atoms with Crippen LogP contribution in [0.2, 0.25) is 0 Å². The highest BCUT2D eigenvalue weighted by molar-refractivity contribution is 6.67. The van der Waals surface area contributed by atoms with Gasteiger partial charge in [-0.2, -0.15) is 0 Å². The Bertz CT molecular complexity index is 718. The molecule has 2 aromatic heterocycles. The molecule has 0 N–H and O–H groups in total. The van der Waals surface area contributed by atoms with Crippen LogP contribution in [0.15, 0.2) is 16.7 Å². The molecule has 0 bridgehead atoms. The first-order valence-electron chi connectivity index (χ1n) is 5.54. The van der Waals surface area contributed by atoms with E-state index in [1.165, 1.54) is 6.26 Å². The molecule has 0 fully saturated rings. The molecule has 2 rings (SSSR count). The molecule has 22 heavy (non-hydrogen) atoms. The molecule has 0 spiro atoms. The SMILES string of the molecule is Cc1ccoc1C#Cc1nc(C(Cl)(Cl)Cl)nc(C(Cl)(Cl)Cl)n1. The van der Waals surface area contributed by atoms with E-state index in [0.29, 0.717) is 5.76 Å². The molecule has 2 heterocycles. The molecule has 4 nitrogen and oxygen atoms in total. The first kappa shape index (κ1) is 17.9. The van der Waals surface area contributed by atoms with E-state index in [-0.39, 0.29) is 17.5 Å². The molecular weight excluding hydrogens is 415 g/mol. The topological polar surface area (TPSA) is 51.8 Å². The molecule has 0 atom stereocenters. The Morgan fingerprint density at radius 1 is 0.909 bits per heavy atom. The van der Waals surface area contributed by atoms with Gasteiger partial charge in [-0.25, -0.2) is 15.0 Å². The highest BCUT2D eigenvalue weighted by Crippen LogP contribution is 2.39. The van der Waals surface area contributed by atoms with Gasteiger partial charge in [0.15, 0.2) is 17.4 Å². The van der Waals surface area contributed by atoms with Gasteiger partial charge in [0.1, 0.15) is 0 Å². The third kappa shape index (κ3) is 4.55. The van der Waals surface area contributed by atoms with E-state index in [4.69, 9.17) is 74.0 Å². The van der Waals surface area contributed by atoms with Crippen molar-refractivity contribution in [3.8, 4) is 11.8 Å². The quantitative estimate of drug-likeness (QED) is 0.453. The van der Waals surface area contributed by atoms with Crippen LogP contribution in [0.4, 0.5) is 0 Å². The maximum absolute atomic E-state index is 5.76. The zero-order valence-corrected chi connectivity index (χ0v) is 15.2. The number of hydrogen-bond acceptors (Lipinski definition) is 4. The summed E-state index contributed by atoms with van der Waals surface area (Å²) >= 11 is 34.6. The highest BCUT2D eigenvalue weighted by atomic mass is 35.6. The van der Waals surface area contributed by atoms with Gasteiger partial charge < -0.3 is 4.42 Å². The van der Waals surface area contributed by atoms with Crippen LogP contribution in [0, 0.1) is 18.8 Å². The summed E-state index contributed by atoms with van der Waals surface area (Å²) in [5.74, 6) is 5.42. The van der Waals surface area contributed by atoms with Crippen molar-refractivity contribution in [2.24, 2.45) is 0 Å². The molecule has 0 aliphatic heterocycles. The van der Waals surface area contributed by atoms with Gasteiger partial charge in [0.05, 0.1) is 6.26 Å². The van der Waals surface area contributed by atoms with Crippen LogP contribution in [0.1, 0.15) is 28.8 Å². The van der Waals surface area contributed by atoms with Crippen LogP contribution >= 0.6 is 69.6 Å². The van der Waals surface area contributed by atoms with Crippen LogP contribution in [-0.2, 0) is 7.59 Å². The summed E-state index contributed by atoms with van der Waals surface area (Å²) in [6.45, 7) is 1.83. The van der Waals surface area contributed by atoms with E-state index in [1.54, 1.807) is 6.07 Å². The lowest BCUT2D eigenvalue weighted by molar-refractivity contribution is 0.552. The second-order valence-electron chi connectivity index (χ2n) is 3.98. The second-order valence-corrected chi connectivity index (χ2v) is 8.55. The van der Waals surface area contributed by atoms with Crippen molar-refractivity contribution < 1.29 is 4.42 Å². The predicted octanol–water partition coefficient (Wildman–Crippen LogP) is 4.83. The predicted molar refractivity (Wildman–Crippen MR) is 87.7 cm³/mol. The lowest BCUT2D eigenvalue weighted by Crippen LogP contribution is -2.17. The second kappa shape index (κ2) is 6.60. The van der Waals surface area contributed by atoms with E-state index < -0.39 is 7.59 Å². The molecule has 0 aliphatic rings. The number of nitrogens with zero attached hydrogens (tertiary/aromatic N) is 3. The lowest BCUT2D eigenvalue weighted by atomic mass is 10.3. The van der Waals surface area contributed by atoms with Crippen molar-refractivity contribution >= 4 is 69.6 Å². The maximum Gasteiger partial charge on any atom is 0.250 e. The third-order valence-electron chi connectivity index (χ3n) is 2.29. The molecule has 0 unspecified atom stereocenters. The summed E-state index contributed by atoms with van der Waals surface area (Å²) in [4.78, 5) is 11.7. The monoisotopic (exact) mass is 417 g/mol. The van der Waals surface area contributed by atoms with E-state index >= 15 is 0 Å². The molecule has 0 radical (unpaired) electrons. The average molecular weight is 420 g/mol. The number of aryl methyl sites for hydroxylation is 1. The molecule has 2 aromatic rings. The number of furan rings is 1. The molecule has 116 valence electrons. The Hall–Kier alpha value is -0.410. The van der Waals surface area contributed by atoms with Gasteiger partial charge >= 0.3 is 0 Å². The fourth-order valence-electron chi connectivity index (χ4n) is 1.30. The number of rotatable bonds is 0. The van der Waals surface area contributed by atoms with Crippen molar-refractivity contribution in [2.75, 3.05) is 0 Å². The van der Waals surface area contributed by atoms with Crippen LogP contribution < -0.4 is 0 Å². The molecule has 0 aliphatic carbocycles. The standard InChI is InChI=1S/C12H5Cl6N3O/c1-6-4-5-22-7(6)2-3-8-19-9(11(13,14)15)21-10(20-8)12(16,17)18/h4-5H,1H3. The molecule has 0 amide bonds. The molecule has 0 saturated heterocycles. The number of alkyl halides is 6. The first-order valence-corrected chi connectivity index (χ1v) is 7.81. The summed E-state index contributed by atoms with van der Waals surface area (Å²) in [5, 5.41) is 0. The Labute approximate surface area is 156 Å². The summed E-state index contributed by atoms with van der Waals surface area (Å²) in [6, 6.07) is 1.76. The average Bonchev–Trinajstić information content (AvgIpc) is 2.79. The highest BCUT2D eigenvalue weighted by Gasteiger charge is 2.33. The van der Waals surface area contributed by atoms with Gasteiger partial charge in [0.25, 0.3) is 0 Å². The Kier molecular flexibility index (Phi) is 5.38. The minimum absolute atomic E-state index is 0.0200. The van der Waals surface area contributed by atoms with Gasteiger partial charge in [-0.15, -0.1) is 0 Å². The van der Waals surface area contributed by atoms with Gasteiger partial charge in [-0.05, 0) is 24.8 Å². The fourth-order valence-corrected chi connectivity index (χ4v) is 1.81. The van der Waals surface area contributed by atoms with Crippen LogP contribution in [0.25, 0.3) is 0 Å². The van der Waals surface area contributed by atoms with Gasteiger partial charge in [0.2, 0.25) is 13.4 Å². The molecular formula is C12H5Cl6N3O. The number of hydrogen-bond donors (Lipinski definition) is 0. The fraction of sp³-hybridized carbons (Fsp3) is 0.250. The Morgan fingerprint density at radius 2 is 1.45 bits per heavy atom. The van der Waals surface area contributed by atoms with E-state index in [1.807, 2.05) is 6.92 Å². The van der Waals surface area contributed by atoms with Crippen molar-refractivity contribution in [3.05, 3.63) is 41.1 Å². The normalized spacial score (nSPS) is 12.0. The largest absolute Gasteiger partial charge is 0.456 e. The number of aromatic nitrogens is 3. The smallest absolute Gasteiger partial charge is 0.250 e. The molecule has 0 saturated carbocycles. The minimum atomic E-state index is -1.91.